The molecule has 3 aliphatic rings. The molecule has 0 saturated carbocycles. The summed E-state index contributed by atoms with van der Waals surface area (Å²) in [6.45, 7) is 2.70. The molecule has 0 radical (unpaired) electrons. The van der Waals surface area contributed by atoms with E-state index in [1.165, 1.54) is 22.8 Å². The monoisotopic (exact) mass is 1140 g/mol. The molecule has 0 aliphatic carbocycles. The highest BCUT2D eigenvalue weighted by atomic mass is 16.5. The Hall–Kier alpha value is -7.76. The number of amides is 9. The summed E-state index contributed by atoms with van der Waals surface area (Å²) in [6, 6.07) is 1.88. The Morgan fingerprint density at radius 1 is 0.741 bits per heavy atom. The Labute approximate surface area is 467 Å². The largest absolute Gasteiger partial charge is 0.491 e. The van der Waals surface area contributed by atoms with Crippen LogP contribution < -0.4 is 59.0 Å². The van der Waals surface area contributed by atoms with Crippen molar-refractivity contribution in [3.63, 3.8) is 0 Å². The van der Waals surface area contributed by atoms with E-state index < -0.39 is 114 Å². The van der Waals surface area contributed by atoms with Gasteiger partial charge in [0, 0.05) is 63.1 Å². The molecular formula is C52H77N13O16. The van der Waals surface area contributed by atoms with Gasteiger partial charge >= 0.3 is 5.63 Å². The molecule has 3 aliphatic heterocycles. The second kappa shape index (κ2) is 32.5. The highest BCUT2D eigenvalue weighted by molar-refractivity contribution is 5.97. The fourth-order valence-electron chi connectivity index (χ4n) is 9.39. The molecule has 3 saturated heterocycles. The van der Waals surface area contributed by atoms with Gasteiger partial charge < -0.3 is 87.1 Å². The first kappa shape index (κ1) is 64.1. The van der Waals surface area contributed by atoms with Crippen LogP contribution in [-0.2, 0) is 57.4 Å². The molecule has 2 aromatic rings. The van der Waals surface area contributed by atoms with Gasteiger partial charge in [-0.1, -0.05) is 0 Å². The van der Waals surface area contributed by atoms with Crippen LogP contribution in [0.4, 0.5) is 0 Å². The summed E-state index contributed by atoms with van der Waals surface area (Å²) in [7, 11) is 1.59. The van der Waals surface area contributed by atoms with Crippen LogP contribution in [0.5, 0.6) is 5.75 Å². The van der Waals surface area contributed by atoms with Gasteiger partial charge in [0.15, 0.2) is 11.7 Å². The Morgan fingerprint density at radius 2 is 1.40 bits per heavy atom. The van der Waals surface area contributed by atoms with Crippen LogP contribution in [0.15, 0.2) is 44.5 Å². The number of Topliss-reactive ketones (excluding diaryl/α,β-unsaturated/α-hetero) is 1. The minimum atomic E-state index is -1.49. The van der Waals surface area contributed by atoms with Gasteiger partial charge in [-0.05, 0) is 84.0 Å². The number of guanidine groups is 1. The summed E-state index contributed by atoms with van der Waals surface area (Å²) in [5, 5.41) is 29.6. The van der Waals surface area contributed by atoms with Crippen molar-refractivity contribution in [3.05, 3.63) is 40.8 Å². The van der Waals surface area contributed by atoms with Crippen LogP contribution in [0.2, 0.25) is 0 Å². The number of nitrogens with zero attached hydrogens (tertiary/aromatic N) is 4. The van der Waals surface area contributed by atoms with E-state index in [4.69, 9.17) is 30.1 Å². The molecule has 1 aromatic heterocycles. The maximum Gasteiger partial charge on any atom is 0.336 e. The van der Waals surface area contributed by atoms with E-state index in [9.17, 15) is 57.8 Å². The summed E-state index contributed by atoms with van der Waals surface area (Å²) in [6.07, 6.45) is -0.0101. The van der Waals surface area contributed by atoms with E-state index in [1.807, 2.05) is 0 Å². The van der Waals surface area contributed by atoms with Crippen LogP contribution in [0.1, 0.15) is 71.6 Å². The molecule has 3 fully saturated rings. The van der Waals surface area contributed by atoms with Gasteiger partial charge in [-0.25, -0.2) is 4.79 Å². The average Bonchev–Trinajstić information content (AvgIpc) is 4.24. The topological polar surface area (TPSA) is 407 Å². The van der Waals surface area contributed by atoms with Crippen molar-refractivity contribution in [3.8, 4) is 5.75 Å². The van der Waals surface area contributed by atoms with E-state index in [2.05, 4.69) is 42.2 Å². The number of hydrogen-bond donors (Lipinski definition) is 10. The zero-order valence-electron chi connectivity index (χ0n) is 46.0. The molecular weight excluding hydrogens is 1060 g/mol. The quantitative estimate of drug-likeness (QED) is 0.0143. The van der Waals surface area contributed by atoms with Crippen LogP contribution in [0.25, 0.3) is 11.0 Å². The number of likely N-dealkylation sites (N-methyl/N-ethyl adjacent to an activating group) is 1. The lowest BCUT2D eigenvalue weighted by Crippen LogP contribution is -2.57. The number of fused-ring (bicyclic) bond motifs is 1. The fraction of sp³-hybridized carbons (Fsp3) is 0.615. The van der Waals surface area contributed by atoms with E-state index >= 15 is 0 Å². The summed E-state index contributed by atoms with van der Waals surface area (Å²) in [5.41, 5.74) is 10.9. The first-order valence-corrected chi connectivity index (χ1v) is 27.1. The highest BCUT2D eigenvalue weighted by Gasteiger charge is 2.42. The molecule has 12 N–H and O–H groups in total. The number of carbonyl (C=O) groups excluding carboxylic acids is 10. The third-order valence-corrected chi connectivity index (χ3v) is 13.8. The number of nitrogens with two attached hydrogens (primary N) is 2. The summed E-state index contributed by atoms with van der Waals surface area (Å²) >= 11 is 0. The second-order valence-corrected chi connectivity index (χ2v) is 19.7. The maximum atomic E-state index is 14.4. The molecule has 7 atom stereocenters. The third-order valence-electron chi connectivity index (χ3n) is 13.8. The predicted molar refractivity (Wildman–Crippen MR) is 289 cm³/mol. The molecule has 446 valence electrons. The van der Waals surface area contributed by atoms with Crippen molar-refractivity contribution in [1.82, 2.24) is 51.9 Å². The number of ketones is 1. The Morgan fingerprint density at radius 3 is 2.10 bits per heavy atom. The van der Waals surface area contributed by atoms with E-state index in [0.29, 0.717) is 37.1 Å². The predicted octanol–water partition coefficient (Wildman–Crippen LogP) is -4.39. The van der Waals surface area contributed by atoms with Crippen molar-refractivity contribution < 1.29 is 71.7 Å². The number of aliphatic hydroxyl groups excluding tert-OH is 1. The molecule has 9 amide bonds. The van der Waals surface area contributed by atoms with Crippen LogP contribution >= 0.6 is 0 Å². The Balaban J connectivity index is 1.16. The number of aliphatic imine (C=N–C) groups is 1. The number of hydrogen-bond acceptors (Lipinski definition) is 18. The van der Waals surface area contributed by atoms with Crippen molar-refractivity contribution in [2.45, 2.75) is 114 Å². The normalized spacial score (nSPS) is 18.7. The SMILES string of the molecule is CNC(C)C(=O)NCC(=O)N1CCCC1C(=O)NC(CCCN=C(N)N)C(=O)NCC(=O)NC(CCC(=O)NCCOCCOCCOc1ccc2ccc(=O)oc2c1)C(=O)N1CC(O)CC1C(=O)NCC(=O)N1CCCC1C(C)=O. The van der Waals surface area contributed by atoms with Gasteiger partial charge in [-0.15, -0.1) is 0 Å². The smallest absolute Gasteiger partial charge is 0.336 e. The summed E-state index contributed by atoms with van der Waals surface area (Å²) < 4.78 is 21.9. The summed E-state index contributed by atoms with van der Waals surface area (Å²) in [4.78, 5) is 152. The number of rotatable bonds is 32. The van der Waals surface area contributed by atoms with Crippen molar-refractivity contribution in [2.24, 2.45) is 16.5 Å². The van der Waals surface area contributed by atoms with E-state index in [-0.39, 0.29) is 116 Å². The van der Waals surface area contributed by atoms with Gasteiger partial charge in [0.25, 0.3) is 0 Å². The molecule has 0 spiro atoms. The van der Waals surface area contributed by atoms with Gasteiger partial charge in [0.2, 0.25) is 53.2 Å². The number of likely N-dealkylation sites (tertiary alicyclic amines) is 3. The minimum absolute atomic E-state index is 0.0153. The van der Waals surface area contributed by atoms with Crippen molar-refractivity contribution >= 4 is 75.9 Å². The van der Waals surface area contributed by atoms with E-state index in [0.717, 1.165) is 10.3 Å². The number of nitrogens with one attached hydrogen (secondary N) is 7. The molecule has 0 bridgehead atoms. The zero-order chi connectivity index (χ0) is 59.0. The lowest BCUT2D eigenvalue weighted by molar-refractivity contribution is -0.142. The number of benzene rings is 1. The van der Waals surface area contributed by atoms with Crippen molar-refractivity contribution in [2.75, 3.05) is 92.4 Å². The van der Waals surface area contributed by atoms with Crippen LogP contribution in [0.3, 0.4) is 0 Å². The summed E-state index contributed by atoms with van der Waals surface area (Å²) in [5.74, 6) is -5.86. The van der Waals surface area contributed by atoms with Crippen LogP contribution in [-0.4, -0.2) is 220 Å². The number of β-amino-alcohol motifs (C(OH)–C–C–N with tert-alkyl or cyclic N) is 1. The van der Waals surface area contributed by atoms with Gasteiger partial charge in [0.05, 0.1) is 64.2 Å². The molecule has 7 unspecified atom stereocenters. The van der Waals surface area contributed by atoms with Gasteiger partial charge in [-0.3, -0.25) is 52.9 Å². The first-order chi connectivity index (χ1) is 38.8. The molecule has 29 heteroatoms. The second-order valence-electron chi connectivity index (χ2n) is 19.7. The maximum absolute atomic E-state index is 14.4. The molecule has 4 heterocycles. The molecule has 1 aromatic carbocycles. The van der Waals surface area contributed by atoms with Gasteiger partial charge in [-0.2, -0.15) is 0 Å². The Bertz CT molecular complexity index is 2630. The number of aliphatic hydroxyl groups is 1. The number of ether oxygens (including phenoxy) is 3. The molecule has 81 heavy (non-hydrogen) atoms. The van der Waals surface area contributed by atoms with Gasteiger partial charge in [0.1, 0.15) is 42.1 Å². The first-order valence-electron chi connectivity index (χ1n) is 27.1. The lowest BCUT2D eigenvalue weighted by Gasteiger charge is -2.29. The minimum Gasteiger partial charge on any atom is -0.491 e. The fourth-order valence-corrected chi connectivity index (χ4v) is 9.39. The standard InChI is InChI=1S/C52H77N13O16/c1-31(55-3)47(73)59-28-45(71)64-19-6-9-39(64)50(76)62-36(7-4-16-57-52(53)54)48(74)58-27-43(69)61-37(51(77)65-30-34(67)25-40(65)49(75)60-29-44(70)63-18-5-8-38(63)32(2)66)13-14-42(68)56-17-20-78-21-22-79-23-24-80-35-12-10-33-11-15-46(72)81-41(33)26-35/h10-12,15,26,31,34,36-40,55,67H,4-9,13-14,16-25,27-30H2,1-3H3,(H,56,68)(H,58,74)(H,59,73)(H,60,75)(H,61,69)(H,62,76)(H4,53,54,57). The molecule has 29 nitrogen and oxygen atoms in total. The van der Waals surface area contributed by atoms with E-state index in [1.54, 1.807) is 38.2 Å². The highest BCUT2D eigenvalue weighted by Crippen LogP contribution is 2.23. The lowest BCUT2D eigenvalue weighted by atomic mass is 10.1. The molecule has 5 rings (SSSR count). The Kier molecular flexibility index (Phi) is 25.7. The third kappa shape index (κ3) is 20.4. The van der Waals surface area contributed by atoms with Crippen molar-refractivity contribution in [1.29, 1.82) is 0 Å². The number of carbonyl (C=O) groups is 10. The average molecular weight is 1140 g/mol. The van der Waals surface area contributed by atoms with Crippen LogP contribution in [0, 0.1) is 0 Å². The zero-order valence-corrected chi connectivity index (χ0v) is 46.0.